The van der Waals surface area contributed by atoms with Gasteiger partial charge in [0.25, 0.3) is 0 Å². The van der Waals surface area contributed by atoms with Crippen molar-refractivity contribution in [2.45, 2.75) is 20.5 Å². The highest BCUT2D eigenvalue weighted by molar-refractivity contribution is 5.77. The molecule has 0 aliphatic carbocycles. The van der Waals surface area contributed by atoms with E-state index in [2.05, 4.69) is 12.3 Å². The van der Waals surface area contributed by atoms with Gasteiger partial charge in [0.05, 0.1) is 18.6 Å². The van der Waals surface area contributed by atoms with Gasteiger partial charge in [0.1, 0.15) is 0 Å². The molecule has 96 valence electrons. The molecular weight excluding hydrogens is 228 g/mol. The highest BCUT2D eigenvalue weighted by Crippen LogP contribution is 2.26. The third kappa shape index (κ3) is 3.59. The molecule has 0 amide bonds. The summed E-state index contributed by atoms with van der Waals surface area (Å²) in [6, 6.07) is 9.72. The van der Waals surface area contributed by atoms with E-state index in [-0.39, 0.29) is 6.61 Å². The Labute approximate surface area is 107 Å². The first-order valence-electron chi connectivity index (χ1n) is 5.73. The molecule has 0 saturated carbocycles. The van der Waals surface area contributed by atoms with Crippen molar-refractivity contribution in [3.8, 4) is 0 Å². The second-order valence-electron chi connectivity index (χ2n) is 4.56. The molecule has 0 atom stereocenters. The van der Waals surface area contributed by atoms with Crippen LogP contribution in [0.3, 0.4) is 0 Å². The molecule has 1 rings (SSSR count). The van der Waals surface area contributed by atoms with E-state index in [1.54, 1.807) is 13.8 Å². The highest BCUT2D eigenvalue weighted by atomic mass is 16.5. The molecule has 3 nitrogen and oxygen atoms in total. The average Bonchev–Trinajstić information content (AvgIpc) is 2.35. The fraction of sp³-hybridized carbons (Fsp3) is 0.333. The van der Waals surface area contributed by atoms with Crippen LogP contribution < -0.4 is 0 Å². The number of aliphatic carboxylic acids is 1. The van der Waals surface area contributed by atoms with Crippen LogP contribution in [0.15, 0.2) is 48.2 Å². The Kier molecular flexibility index (Phi) is 4.90. The molecule has 0 radical (unpaired) electrons. The SMILES string of the molecule is C=C=C(COCc1ccccc1)C(C)(C)C(=O)O. The summed E-state index contributed by atoms with van der Waals surface area (Å²) >= 11 is 0. The molecule has 0 fully saturated rings. The maximum absolute atomic E-state index is 11.1. The van der Waals surface area contributed by atoms with E-state index in [0.29, 0.717) is 12.2 Å². The van der Waals surface area contributed by atoms with Crippen LogP contribution in [0.1, 0.15) is 19.4 Å². The largest absolute Gasteiger partial charge is 0.481 e. The van der Waals surface area contributed by atoms with Crippen LogP contribution >= 0.6 is 0 Å². The monoisotopic (exact) mass is 246 g/mol. The van der Waals surface area contributed by atoms with Gasteiger partial charge in [0.15, 0.2) is 0 Å². The van der Waals surface area contributed by atoms with Crippen molar-refractivity contribution in [3.63, 3.8) is 0 Å². The number of hydrogen-bond acceptors (Lipinski definition) is 2. The van der Waals surface area contributed by atoms with E-state index in [1.165, 1.54) is 0 Å². The number of carboxylic acid groups (broad SMARTS) is 1. The van der Waals surface area contributed by atoms with Crippen LogP contribution in [0.4, 0.5) is 0 Å². The van der Waals surface area contributed by atoms with Crippen LogP contribution in [-0.4, -0.2) is 17.7 Å². The number of carbonyl (C=O) groups is 1. The molecule has 1 aromatic carbocycles. The molecule has 0 aromatic heterocycles. The van der Waals surface area contributed by atoms with E-state index in [1.807, 2.05) is 30.3 Å². The molecule has 0 aliphatic rings. The summed E-state index contributed by atoms with van der Waals surface area (Å²) in [5.74, 6) is -0.906. The predicted molar refractivity (Wildman–Crippen MR) is 70.2 cm³/mol. The van der Waals surface area contributed by atoms with Crippen LogP contribution in [0.5, 0.6) is 0 Å². The van der Waals surface area contributed by atoms with Gasteiger partial charge in [-0.25, -0.2) is 0 Å². The molecule has 0 heterocycles. The number of hydrogen-bond donors (Lipinski definition) is 1. The summed E-state index contributed by atoms with van der Waals surface area (Å²) in [6.45, 7) is 7.44. The van der Waals surface area contributed by atoms with Crippen molar-refractivity contribution in [1.82, 2.24) is 0 Å². The zero-order valence-corrected chi connectivity index (χ0v) is 10.8. The minimum Gasteiger partial charge on any atom is -0.481 e. The van der Waals surface area contributed by atoms with Gasteiger partial charge in [-0.3, -0.25) is 4.79 Å². The van der Waals surface area contributed by atoms with Crippen molar-refractivity contribution in [2.75, 3.05) is 6.61 Å². The molecule has 18 heavy (non-hydrogen) atoms. The number of benzene rings is 1. The van der Waals surface area contributed by atoms with Crippen molar-refractivity contribution in [1.29, 1.82) is 0 Å². The molecule has 1 aromatic rings. The number of carboxylic acids is 1. The lowest BCUT2D eigenvalue weighted by atomic mass is 9.85. The van der Waals surface area contributed by atoms with Gasteiger partial charge in [-0.2, -0.15) is 0 Å². The molecule has 1 N–H and O–H groups in total. The minimum atomic E-state index is -1.00. The van der Waals surface area contributed by atoms with E-state index in [4.69, 9.17) is 9.84 Å². The first-order valence-corrected chi connectivity index (χ1v) is 5.73. The van der Waals surface area contributed by atoms with E-state index >= 15 is 0 Å². The zero-order valence-electron chi connectivity index (χ0n) is 10.8. The number of ether oxygens (including phenoxy) is 1. The smallest absolute Gasteiger partial charge is 0.313 e. The summed E-state index contributed by atoms with van der Waals surface area (Å²) in [7, 11) is 0. The molecule has 3 heteroatoms. The maximum atomic E-state index is 11.1. The molecule has 0 saturated heterocycles. The predicted octanol–water partition coefficient (Wildman–Crippen LogP) is 3.03. The average molecular weight is 246 g/mol. The lowest BCUT2D eigenvalue weighted by Crippen LogP contribution is -2.28. The normalized spacial score (nSPS) is 10.8. The van der Waals surface area contributed by atoms with Gasteiger partial charge in [-0.1, -0.05) is 36.9 Å². The van der Waals surface area contributed by atoms with Crippen molar-refractivity contribution < 1.29 is 14.6 Å². The second-order valence-corrected chi connectivity index (χ2v) is 4.56. The van der Waals surface area contributed by atoms with Gasteiger partial charge in [0.2, 0.25) is 0 Å². The summed E-state index contributed by atoms with van der Waals surface area (Å²) in [6.07, 6.45) is 0. The van der Waals surface area contributed by atoms with Crippen LogP contribution in [0, 0.1) is 5.41 Å². The Balaban J connectivity index is 2.57. The van der Waals surface area contributed by atoms with Crippen LogP contribution in [0.2, 0.25) is 0 Å². The first-order chi connectivity index (χ1) is 8.48. The van der Waals surface area contributed by atoms with Crippen LogP contribution in [-0.2, 0) is 16.1 Å². The molecule has 0 unspecified atom stereocenters. The lowest BCUT2D eigenvalue weighted by molar-refractivity contribution is -0.145. The second kappa shape index (κ2) is 6.20. The van der Waals surface area contributed by atoms with Gasteiger partial charge < -0.3 is 9.84 Å². The Morgan fingerprint density at radius 2 is 2.00 bits per heavy atom. The Bertz CT molecular complexity index is 454. The molecule has 0 aliphatic heterocycles. The van der Waals surface area contributed by atoms with Gasteiger partial charge in [-0.15, -0.1) is 5.73 Å². The Morgan fingerprint density at radius 1 is 1.39 bits per heavy atom. The summed E-state index contributed by atoms with van der Waals surface area (Å²) in [5, 5.41) is 9.11. The Morgan fingerprint density at radius 3 is 2.50 bits per heavy atom. The summed E-state index contributed by atoms with van der Waals surface area (Å²) in [4.78, 5) is 11.1. The van der Waals surface area contributed by atoms with Gasteiger partial charge in [-0.05, 0) is 19.4 Å². The quantitative estimate of drug-likeness (QED) is 0.785. The molecule has 0 spiro atoms. The van der Waals surface area contributed by atoms with Gasteiger partial charge in [0, 0.05) is 5.57 Å². The fourth-order valence-corrected chi connectivity index (χ4v) is 1.43. The first kappa shape index (κ1) is 14.2. The van der Waals surface area contributed by atoms with Crippen LogP contribution in [0.25, 0.3) is 0 Å². The summed E-state index contributed by atoms with van der Waals surface area (Å²) < 4.78 is 5.51. The minimum absolute atomic E-state index is 0.220. The number of rotatable bonds is 6. The third-order valence-corrected chi connectivity index (χ3v) is 2.86. The lowest BCUT2D eigenvalue weighted by Gasteiger charge is -2.21. The maximum Gasteiger partial charge on any atom is 0.313 e. The van der Waals surface area contributed by atoms with Crippen molar-refractivity contribution >= 4 is 5.97 Å². The Hall–Kier alpha value is -1.83. The summed E-state index contributed by atoms with van der Waals surface area (Å²) in [5.41, 5.74) is 3.27. The standard InChI is InChI=1S/C15H18O3/c1-4-13(15(2,3)14(16)17)11-18-10-12-8-6-5-7-9-12/h5-9H,1,10-11H2,2-3H3,(H,16,17). The molecule has 0 bridgehead atoms. The van der Waals surface area contributed by atoms with Gasteiger partial charge >= 0.3 is 5.97 Å². The van der Waals surface area contributed by atoms with E-state index < -0.39 is 11.4 Å². The molecular formula is C15H18O3. The van der Waals surface area contributed by atoms with Crippen molar-refractivity contribution in [2.24, 2.45) is 5.41 Å². The van der Waals surface area contributed by atoms with E-state index in [0.717, 1.165) is 5.56 Å². The van der Waals surface area contributed by atoms with Crippen molar-refractivity contribution in [3.05, 3.63) is 53.8 Å². The third-order valence-electron chi connectivity index (χ3n) is 2.86. The topological polar surface area (TPSA) is 46.5 Å². The van der Waals surface area contributed by atoms with E-state index in [9.17, 15) is 4.79 Å². The highest BCUT2D eigenvalue weighted by Gasteiger charge is 2.31. The fourth-order valence-electron chi connectivity index (χ4n) is 1.43. The zero-order chi connectivity index (χ0) is 13.6.